The van der Waals surface area contributed by atoms with Crippen molar-refractivity contribution in [1.82, 2.24) is 15.2 Å². The van der Waals surface area contributed by atoms with Crippen molar-refractivity contribution in [1.29, 1.82) is 0 Å². The lowest BCUT2D eigenvalue weighted by Crippen LogP contribution is -2.45. The van der Waals surface area contributed by atoms with Crippen molar-refractivity contribution in [2.45, 2.75) is 52.5 Å². The summed E-state index contributed by atoms with van der Waals surface area (Å²) in [6.07, 6.45) is 0.156. The first kappa shape index (κ1) is 27.8. The summed E-state index contributed by atoms with van der Waals surface area (Å²) in [6.45, 7) is 7.04. The summed E-state index contributed by atoms with van der Waals surface area (Å²) in [5, 5.41) is 15.3. The number of carbonyl (C=O) groups is 4. The predicted molar refractivity (Wildman–Crippen MR) is 136 cm³/mol. The van der Waals surface area contributed by atoms with E-state index in [9.17, 15) is 24.3 Å². The molecular weight excluding hydrogens is 470 g/mol. The van der Waals surface area contributed by atoms with E-state index in [1.165, 1.54) is 16.7 Å². The number of rotatable bonds is 9. The fraction of sp³-hybridized carbons (Fsp3) is 0.458. The molecule has 1 aromatic carbocycles. The second-order valence-electron chi connectivity index (χ2n) is 9.23. The van der Waals surface area contributed by atoms with E-state index in [1.807, 2.05) is 32.9 Å². The van der Waals surface area contributed by atoms with Crippen molar-refractivity contribution in [2.75, 3.05) is 30.9 Å². The van der Waals surface area contributed by atoms with E-state index in [0.717, 1.165) is 16.9 Å². The summed E-state index contributed by atoms with van der Waals surface area (Å²) in [4.78, 5) is 55.3. The third-order valence-corrected chi connectivity index (χ3v) is 6.03. The Labute approximate surface area is 209 Å². The summed E-state index contributed by atoms with van der Waals surface area (Å²) in [5.74, 6) is -0.727. The topological polar surface area (TPSA) is 132 Å². The number of amides is 4. The lowest BCUT2D eigenvalue weighted by Gasteiger charge is -2.33. The van der Waals surface area contributed by atoms with Crippen LogP contribution in [-0.4, -0.2) is 65.0 Å². The zero-order chi connectivity index (χ0) is 26.3. The van der Waals surface area contributed by atoms with Crippen LogP contribution in [-0.2, 0) is 22.4 Å². The number of benzene rings is 1. The molecule has 2 rings (SSSR count). The van der Waals surface area contributed by atoms with Crippen molar-refractivity contribution in [2.24, 2.45) is 0 Å². The highest BCUT2D eigenvalue weighted by atomic mass is 32.1. The van der Waals surface area contributed by atoms with Gasteiger partial charge in [-0.3, -0.25) is 19.3 Å². The minimum Gasteiger partial charge on any atom is -0.465 e. The molecular formula is C24H33N5O5S. The van der Waals surface area contributed by atoms with Gasteiger partial charge in [0, 0.05) is 45.2 Å². The Morgan fingerprint density at radius 3 is 2.20 bits per heavy atom. The van der Waals surface area contributed by atoms with Crippen LogP contribution in [0.15, 0.2) is 24.3 Å². The zero-order valence-corrected chi connectivity index (χ0v) is 21.8. The summed E-state index contributed by atoms with van der Waals surface area (Å²) in [6, 6.07) is 7.22. The second kappa shape index (κ2) is 11.8. The van der Waals surface area contributed by atoms with Crippen LogP contribution in [0.4, 0.5) is 15.6 Å². The molecule has 35 heavy (non-hydrogen) atoms. The van der Waals surface area contributed by atoms with Crippen LogP contribution in [0.2, 0.25) is 0 Å². The van der Waals surface area contributed by atoms with Gasteiger partial charge in [0.2, 0.25) is 11.8 Å². The first-order valence-electron chi connectivity index (χ1n) is 11.2. The molecule has 1 aromatic heterocycles. The molecule has 2 aromatic rings. The summed E-state index contributed by atoms with van der Waals surface area (Å²) < 4.78 is 0. The first-order chi connectivity index (χ1) is 16.3. The Kier molecular flexibility index (Phi) is 9.35. The number of thiazole rings is 1. The minimum atomic E-state index is -1.03. The van der Waals surface area contributed by atoms with Gasteiger partial charge in [-0.2, -0.15) is 0 Å². The summed E-state index contributed by atoms with van der Waals surface area (Å²) in [7, 11) is 3.31. The Morgan fingerprint density at radius 1 is 1.06 bits per heavy atom. The molecule has 0 aliphatic heterocycles. The van der Waals surface area contributed by atoms with Crippen LogP contribution in [0.5, 0.6) is 0 Å². The molecule has 0 bridgehead atoms. The SMILES string of the molecule is CC(=O)Nc1nc(CCc2ccc(N(C(=O)O)C(C)(C)C)cc2)c(C(=O)NCCC(=O)N(C)C)s1. The van der Waals surface area contributed by atoms with Gasteiger partial charge in [-0.15, -0.1) is 0 Å². The molecule has 190 valence electrons. The highest BCUT2D eigenvalue weighted by Gasteiger charge is 2.27. The van der Waals surface area contributed by atoms with E-state index < -0.39 is 11.6 Å². The number of carboxylic acid groups (broad SMARTS) is 1. The molecule has 11 heteroatoms. The van der Waals surface area contributed by atoms with Crippen LogP contribution in [0.1, 0.15) is 55.0 Å². The van der Waals surface area contributed by atoms with Gasteiger partial charge >= 0.3 is 6.09 Å². The molecule has 0 saturated heterocycles. The lowest BCUT2D eigenvalue weighted by atomic mass is 10.0. The van der Waals surface area contributed by atoms with Gasteiger partial charge in [0.1, 0.15) is 4.88 Å². The van der Waals surface area contributed by atoms with E-state index in [4.69, 9.17) is 0 Å². The maximum absolute atomic E-state index is 12.8. The fourth-order valence-electron chi connectivity index (χ4n) is 3.35. The Balaban J connectivity index is 2.14. The van der Waals surface area contributed by atoms with Crippen LogP contribution in [0, 0.1) is 0 Å². The number of nitrogens with zero attached hydrogens (tertiary/aromatic N) is 3. The second-order valence-corrected chi connectivity index (χ2v) is 10.2. The molecule has 0 fully saturated rings. The molecule has 0 saturated carbocycles. The fourth-order valence-corrected chi connectivity index (χ4v) is 4.32. The van der Waals surface area contributed by atoms with E-state index >= 15 is 0 Å². The highest BCUT2D eigenvalue weighted by molar-refractivity contribution is 7.17. The lowest BCUT2D eigenvalue weighted by molar-refractivity contribution is -0.128. The molecule has 10 nitrogen and oxygen atoms in total. The number of hydrogen-bond donors (Lipinski definition) is 3. The van der Waals surface area contributed by atoms with Gasteiger partial charge in [0.05, 0.1) is 5.69 Å². The normalized spacial score (nSPS) is 11.0. The van der Waals surface area contributed by atoms with Gasteiger partial charge in [-0.25, -0.2) is 9.78 Å². The maximum atomic E-state index is 12.8. The minimum absolute atomic E-state index is 0.0925. The number of nitrogens with one attached hydrogen (secondary N) is 2. The van der Waals surface area contributed by atoms with Crippen molar-refractivity contribution in [3.63, 3.8) is 0 Å². The maximum Gasteiger partial charge on any atom is 0.412 e. The van der Waals surface area contributed by atoms with Gasteiger partial charge in [0.15, 0.2) is 5.13 Å². The van der Waals surface area contributed by atoms with Crippen molar-refractivity contribution >= 4 is 46.0 Å². The van der Waals surface area contributed by atoms with Crippen LogP contribution in [0.25, 0.3) is 0 Å². The van der Waals surface area contributed by atoms with Crippen molar-refractivity contribution in [3.05, 3.63) is 40.4 Å². The van der Waals surface area contributed by atoms with Gasteiger partial charge in [0.25, 0.3) is 5.91 Å². The molecule has 3 N–H and O–H groups in total. The molecule has 4 amide bonds. The molecule has 0 aliphatic carbocycles. The number of anilines is 2. The van der Waals surface area contributed by atoms with Crippen molar-refractivity contribution < 1.29 is 24.3 Å². The predicted octanol–water partition coefficient (Wildman–Crippen LogP) is 3.38. The third kappa shape index (κ3) is 8.06. The molecule has 0 atom stereocenters. The van der Waals surface area contributed by atoms with E-state index in [-0.39, 0.29) is 30.7 Å². The summed E-state index contributed by atoms with van der Waals surface area (Å²) >= 11 is 1.09. The Morgan fingerprint density at radius 2 is 1.69 bits per heavy atom. The average molecular weight is 504 g/mol. The van der Waals surface area contributed by atoms with Gasteiger partial charge < -0.3 is 20.6 Å². The first-order valence-corrected chi connectivity index (χ1v) is 12.0. The number of aromatic nitrogens is 1. The van der Waals surface area contributed by atoms with Crippen molar-refractivity contribution in [3.8, 4) is 0 Å². The number of hydrogen-bond acceptors (Lipinski definition) is 6. The smallest absolute Gasteiger partial charge is 0.412 e. The van der Waals surface area contributed by atoms with E-state index in [1.54, 1.807) is 26.2 Å². The largest absolute Gasteiger partial charge is 0.465 e. The zero-order valence-electron chi connectivity index (χ0n) is 21.0. The van der Waals surface area contributed by atoms with Gasteiger partial charge in [-0.1, -0.05) is 23.5 Å². The molecule has 0 radical (unpaired) electrons. The van der Waals surface area contributed by atoms with E-state index in [0.29, 0.717) is 34.2 Å². The third-order valence-electron chi connectivity index (χ3n) is 5.02. The molecule has 0 unspecified atom stereocenters. The number of carbonyl (C=O) groups excluding carboxylic acids is 3. The highest BCUT2D eigenvalue weighted by Crippen LogP contribution is 2.27. The summed E-state index contributed by atoms with van der Waals surface area (Å²) in [5.41, 5.74) is 1.47. The molecule has 0 spiro atoms. The van der Waals surface area contributed by atoms with Gasteiger partial charge in [-0.05, 0) is 51.3 Å². The Hall–Kier alpha value is -3.47. The average Bonchev–Trinajstić information content (AvgIpc) is 3.13. The van der Waals surface area contributed by atoms with E-state index in [2.05, 4.69) is 15.6 Å². The quantitative estimate of drug-likeness (QED) is 0.481. The number of aryl methyl sites for hydroxylation is 2. The van der Waals surface area contributed by atoms with Crippen LogP contribution in [0.3, 0.4) is 0 Å². The standard InChI is InChI=1S/C24H33N5O5S/c1-15(30)26-22-27-18(20(35-22)21(32)25-14-13-19(31)28(5)6)12-9-16-7-10-17(11-8-16)29(23(33)34)24(2,3)4/h7-8,10-11H,9,12-14H2,1-6H3,(H,25,32)(H,33,34)(H,26,27,30). The van der Waals surface area contributed by atoms with Crippen LogP contribution < -0.4 is 15.5 Å². The molecule has 0 aliphatic rings. The van der Waals surface area contributed by atoms with Crippen LogP contribution >= 0.6 is 11.3 Å². The molecule has 1 heterocycles. The Bertz CT molecular complexity index is 1070. The monoisotopic (exact) mass is 503 g/mol.